The lowest BCUT2D eigenvalue weighted by Gasteiger charge is -2.41. The molecule has 0 saturated heterocycles. The van der Waals surface area contributed by atoms with E-state index in [2.05, 4.69) is 21.7 Å². The van der Waals surface area contributed by atoms with Crippen molar-refractivity contribution in [2.75, 3.05) is 46.6 Å². The molecule has 0 aliphatic carbocycles. The molecule has 11 heteroatoms. The van der Waals surface area contributed by atoms with Gasteiger partial charge in [-0.3, -0.25) is 9.01 Å². The molecule has 0 fully saturated rings. The van der Waals surface area contributed by atoms with Crippen molar-refractivity contribution in [1.29, 1.82) is 0 Å². The quantitative estimate of drug-likeness (QED) is 0.178. The molecule has 1 aromatic rings. The van der Waals surface area contributed by atoms with Gasteiger partial charge >= 0.3 is 7.82 Å². The molecule has 0 aromatic carbocycles. The summed E-state index contributed by atoms with van der Waals surface area (Å²) in [6, 6.07) is 0. The van der Waals surface area contributed by atoms with E-state index < -0.39 is 14.1 Å². The molecule has 1 aliphatic heterocycles. The van der Waals surface area contributed by atoms with Crippen LogP contribution >= 0.6 is 19.6 Å². The highest BCUT2D eigenvalue weighted by Gasteiger charge is 2.39. The van der Waals surface area contributed by atoms with Crippen LogP contribution in [-0.4, -0.2) is 70.9 Å². The van der Waals surface area contributed by atoms with Gasteiger partial charge in [0.25, 0.3) is 5.88 Å². The minimum absolute atomic E-state index is 0.114. The van der Waals surface area contributed by atoms with Gasteiger partial charge in [0.15, 0.2) is 0 Å². The SMILES string of the molecule is CCCCCCOc1nsnc1C1=CCC[N+](C)([C@H](C)OP(=O)(O)OCCCOCCC)C1. The molecule has 1 aromatic heterocycles. The topological polar surface area (TPSA) is 100 Å². The van der Waals surface area contributed by atoms with E-state index in [1.165, 1.54) is 12.8 Å². The number of unbranched alkanes of at least 4 members (excludes halogenated alkanes) is 3. The van der Waals surface area contributed by atoms with E-state index in [1.54, 1.807) is 0 Å². The van der Waals surface area contributed by atoms with Crippen molar-refractivity contribution in [1.82, 2.24) is 8.75 Å². The maximum absolute atomic E-state index is 12.5. The Morgan fingerprint density at radius 3 is 2.70 bits per heavy atom. The van der Waals surface area contributed by atoms with Gasteiger partial charge in [-0.1, -0.05) is 39.2 Å². The summed E-state index contributed by atoms with van der Waals surface area (Å²) in [5.74, 6) is 0.575. The number of phosphoric ester groups is 1. The van der Waals surface area contributed by atoms with Crippen LogP contribution in [0.4, 0.5) is 0 Å². The molecule has 2 heterocycles. The monoisotopic (exact) mass is 506 g/mol. The van der Waals surface area contributed by atoms with Crippen LogP contribution in [0.5, 0.6) is 5.88 Å². The van der Waals surface area contributed by atoms with E-state index in [4.69, 9.17) is 18.5 Å². The fraction of sp³-hybridized carbons (Fsp3) is 0.818. The van der Waals surface area contributed by atoms with Crippen LogP contribution in [0, 0.1) is 0 Å². The Hall–Kier alpha value is -0.870. The van der Waals surface area contributed by atoms with Gasteiger partial charge in [0, 0.05) is 32.1 Å². The lowest BCUT2D eigenvalue weighted by atomic mass is 10.0. The van der Waals surface area contributed by atoms with Crippen molar-refractivity contribution in [3.63, 3.8) is 0 Å². The third-order valence-corrected chi connectivity index (χ3v) is 7.35. The van der Waals surface area contributed by atoms with E-state index >= 15 is 0 Å². The fourth-order valence-corrected chi connectivity index (χ4v) is 5.21. The highest BCUT2D eigenvalue weighted by Crippen LogP contribution is 2.46. The highest BCUT2D eigenvalue weighted by molar-refractivity contribution is 7.47. The molecule has 0 amide bonds. The van der Waals surface area contributed by atoms with E-state index in [-0.39, 0.29) is 6.61 Å². The summed E-state index contributed by atoms with van der Waals surface area (Å²) in [5, 5.41) is 0. The van der Waals surface area contributed by atoms with Crippen LogP contribution in [-0.2, 0) is 18.3 Å². The molecule has 0 radical (unpaired) electrons. The Balaban J connectivity index is 1.89. The second kappa shape index (κ2) is 14.5. The smallest absolute Gasteiger partial charge is 0.475 e. The number of rotatable bonds is 17. The molecule has 190 valence electrons. The molecule has 2 rings (SSSR count). The van der Waals surface area contributed by atoms with Gasteiger partial charge in [-0.05, 0) is 19.3 Å². The average Bonchev–Trinajstić information content (AvgIpc) is 3.24. The second-order valence-electron chi connectivity index (χ2n) is 8.68. The zero-order chi connectivity index (χ0) is 24.2. The Morgan fingerprint density at radius 1 is 1.12 bits per heavy atom. The molecule has 0 saturated carbocycles. The highest BCUT2D eigenvalue weighted by atomic mass is 32.1. The van der Waals surface area contributed by atoms with Crippen LogP contribution in [0.3, 0.4) is 0 Å². The molecule has 1 aliphatic rings. The Labute approximate surface area is 202 Å². The molecule has 3 atom stereocenters. The van der Waals surface area contributed by atoms with Crippen molar-refractivity contribution in [2.24, 2.45) is 0 Å². The van der Waals surface area contributed by atoms with Crippen LogP contribution < -0.4 is 4.74 Å². The lowest BCUT2D eigenvalue weighted by Crippen LogP contribution is -2.54. The molecule has 0 bridgehead atoms. The van der Waals surface area contributed by atoms with Crippen molar-refractivity contribution < 1.29 is 32.5 Å². The summed E-state index contributed by atoms with van der Waals surface area (Å²) in [6.07, 6.45) is 8.43. The first-order valence-electron chi connectivity index (χ1n) is 12.0. The van der Waals surface area contributed by atoms with Crippen LogP contribution in [0.2, 0.25) is 0 Å². The zero-order valence-corrected chi connectivity index (χ0v) is 22.2. The normalized spacial score (nSPS) is 21.4. The number of hydrogen-bond donors (Lipinski definition) is 1. The van der Waals surface area contributed by atoms with Crippen molar-refractivity contribution in [3.8, 4) is 5.88 Å². The van der Waals surface area contributed by atoms with Gasteiger partial charge in [-0.15, -0.1) is 4.37 Å². The van der Waals surface area contributed by atoms with Gasteiger partial charge in [-0.25, -0.2) is 9.09 Å². The van der Waals surface area contributed by atoms with E-state index in [0.29, 0.717) is 43.1 Å². The third-order valence-electron chi connectivity index (χ3n) is 5.76. The third kappa shape index (κ3) is 9.72. The Kier molecular flexibility index (Phi) is 12.5. The molecule has 33 heavy (non-hydrogen) atoms. The summed E-state index contributed by atoms with van der Waals surface area (Å²) >= 11 is 1.14. The Bertz CT molecular complexity index is 777. The summed E-state index contributed by atoms with van der Waals surface area (Å²) in [5.41, 5.74) is 1.79. The van der Waals surface area contributed by atoms with Gasteiger partial charge < -0.3 is 14.4 Å². The van der Waals surface area contributed by atoms with Crippen molar-refractivity contribution >= 4 is 25.1 Å². The van der Waals surface area contributed by atoms with Crippen molar-refractivity contribution in [2.45, 2.75) is 71.9 Å². The lowest BCUT2D eigenvalue weighted by molar-refractivity contribution is -0.943. The molecule has 0 spiro atoms. The Morgan fingerprint density at radius 2 is 1.94 bits per heavy atom. The average molecular weight is 507 g/mol. The minimum Gasteiger partial charge on any atom is -0.475 e. The summed E-state index contributed by atoms with van der Waals surface area (Å²) in [7, 11) is -2.15. The van der Waals surface area contributed by atoms with Crippen LogP contribution in [0.15, 0.2) is 6.08 Å². The van der Waals surface area contributed by atoms with Crippen LogP contribution in [0.1, 0.15) is 71.4 Å². The number of likely N-dealkylation sites (N-methyl/N-ethyl adjacent to an activating group) is 1. The number of aromatic nitrogens is 2. The van der Waals surface area contributed by atoms with Gasteiger partial charge in [0.1, 0.15) is 12.2 Å². The van der Waals surface area contributed by atoms with Gasteiger partial charge in [0.2, 0.25) is 6.23 Å². The summed E-state index contributed by atoms with van der Waals surface area (Å²) < 4.78 is 43.7. The number of phosphoric acid groups is 1. The molecule has 9 nitrogen and oxygen atoms in total. The maximum atomic E-state index is 12.5. The maximum Gasteiger partial charge on any atom is 0.476 e. The number of nitrogens with zero attached hydrogens (tertiary/aromatic N) is 3. The molecule has 1 N–H and O–H groups in total. The summed E-state index contributed by atoms with van der Waals surface area (Å²) in [4.78, 5) is 10.2. The van der Waals surface area contributed by atoms with E-state index in [9.17, 15) is 9.46 Å². The fourth-order valence-electron chi connectivity index (χ4n) is 3.64. The first kappa shape index (κ1) is 28.4. The predicted molar refractivity (Wildman–Crippen MR) is 130 cm³/mol. The minimum atomic E-state index is -4.17. The number of hydrogen-bond acceptors (Lipinski definition) is 8. The summed E-state index contributed by atoms with van der Waals surface area (Å²) in [6.45, 7) is 9.32. The predicted octanol–water partition coefficient (Wildman–Crippen LogP) is 5.03. The van der Waals surface area contributed by atoms with Crippen molar-refractivity contribution in [3.05, 3.63) is 11.8 Å². The first-order chi connectivity index (χ1) is 15.8. The van der Waals surface area contributed by atoms with E-state index in [1.807, 2.05) is 20.9 Å². The van der Waals surface area contributed by atoms with Gasteiger partial charge in [0.05, 0.1) is 38.5 Å². The first-order valence-corrected chi connectivity index (χ1v) is 14.3. The molecular formula is C22H41N3O6PS+. The number of ether oxygens (including phenoxy) is 2. The largest absolute Gasteiger partial charge is 0.476 e. The standard InChI is InChI=1S/C22H40N3O6PS/c1-5-7-8-9-16-29-22-21(23-33-24-22)20-12-10-13-25(4,18-20)19(3)31-32(26,27)30-17-11-15-28-14-6-2/h12,19H,5-11,13-18H2,1-4H3/p+1/t19-,25?/m0/s1. The van der Waals surface area contributed by atoms with Gasteiger partial charge in [-0.2, -0.15) is 4.37 Å². The second-order valence-corrected chi connectivity index (χ2v) is 10.6. The zero-order valence-electron chi connectivity index (χ0n) is 20.5. The molecule has 2 unspecified atom stereocenters. The molecular weight excluding hydrogens is 465 g/mol. The van der Waals surface area contributed by atoms with Crippen LogP contribution in [0.25, 0.3) is 5.57 Å². The number of quaternary nitrogens is 1. The van der Waals surface area contributed by atoms with E-state index in [0.717, 1.165) is 55.2 Å².